The van der Waals surface area contributed by atoms with Crippen LogP contribution in [0.4, 0.5) is 0 Å². The summed E-state index contributed by atoms with van der Waals surface area (Å²) < 4.78 is 0. The van der Waals surface area contributed by atoms with Crippen LogP contribution >= 0.6 is 0 Å². The monoisotopic (exact) mass is 295 g/mol. The average molecular weight is 295 g/mol. The van der Waals surface area contributed by atoms with Gasteiger partial charge < -0.3 is 10.2 Å². The number of rotatable bonds is 2. The Bertz CT molecular complexity index is 700. The molecule has 22 heavy (non-hydrogen) atoms. The highest BCUT2D eigenvalue weighted by Crippen LogP contribution is 2.13. The Hall–Kier alpha value is -2.20. The van der Waals surface area contributed by atoms with Crippen LogP contribution in [0.5, 0.6) is 0 Å². The third kappa shape index (κ3) is 3.34. The van der Waals surface area contributed by atoms with E-state index in [1.54, 1.807) is 12.2 Å². The molecule has 1 fully saturated rings. The molecule has 1 aromatic heterocycles. The Balaban J connectivity index is 1.73. The predicted octanol–water partition coefficient (Wildman–Crippen LogP) is 2.46. The van der Waals surface area contributed by atoms with Gasteiger partial charge in [0.15, 0.2) is 0 Å². The number of nitrogens with zero attached hydrogens (tertiary/aromatic N) is 2. The van der Waals surface area contributed by atoms with E-state index in [1.165, 1.54) is 0 Å². The first-order valence-corrected chi connectivity index (χ1v) is 7.70. The molecule has 2 atom stereocenters. The topological polar surface area (TPSA) is 45.2 Å². The van der Waals surface area contributed by atoms with E-state index >= 15 is 0 Å². The van der Waals surface area contributed by atoms with Crippen molar-refractivity contribution in [3.63, 3.8) is 0 Å². The van der Waals surface area contributed by atoms with Crippen LogP contribution in [-0.2, 0) is 4.79 Å². The summed E-state index contributed by atoms with van der Waals surface area (Å²) in [5.74, 6) is 0.0511. The SMILES string of the molecule is CC1CN(C(=O)C=Cc2ccc3ccccc3n2)CC(C)N1. The summed E-state index contributed by atoms with van der Waals surface area (Å²) in [7, 11) is 0. The van der Waals surface area contributed by atoms with Crippen molar-refractivity contribution in [2.24, 2.45) is 0 Å². The number of carbonyl (C=O) groups is 1. The number of piperazine rings is 1. The minimum atomic E-state index is 0.0511. The highest BCUT2D eigenvalue weighted by atomic mass is 16.2. The molecule has 3 rings (SSSR count). The Kier molecular flexibility index (Phi) is 4.20. The summed E-state index contributed by atoms with van der Waals surface area (Å²) in [6.07, 6.45) is 3.42. The van der Waals surface area contributed by atoms with Crippen molar-refractivity contribution in [2.45, 2.75) is 25.9 Å². The van der Waals surface area contributed by atoms with Gasteiger partial charge in [-0.15, -0.1) is 0 Å². The number of benzene rings is 1. The number of carbonyl (C=O) groups excluding carboxylic acids is 1. The Labute approximate surface area is 130 Å². The molecule has 1 aliphatic heterocycles. The van der Waals surface area contributed by atoms with E-state index in [4.69, 9.17) is 0 Å². The summed E-state index contributed by atoms with van der Waals surface area (Å²) in [4.78, 5) is 18.8. The second-order valence-corrected chi connectivity index (χ2v) is 5.97. The quantitative estimate of drug-likeness (QED) is 0.866. The van der Waals surface area contributed by atoms with Crippen LogP contribution in [0.3, 0.4) is 0 Å². The number of fused-ring (bicyclic) bond motifs is 1. The highest BCUT2D eigenvalue weighted by molar-refractivity contribution is 5.92. The lowest BCUT2D eigenvalue weighted by molar-refractivity contribution is -0.127. The summed E-state index contributed by atoms with van der Waals surface area (Å²) in [6.45, 7) is 5.70. The molecule has 1 aromatic carbocycles. The Morgan fingerprint density at radius 2 is 1.91 bits per heavy atom. The van der Waals surface area contributed by atoms with Crippen molar-refractivity contribution in [2.75, 3.05) is 13.1 Å². The van der Waals surface area contributed by atoms with Crippen LogP contribution in [0.25, 0.3) is 17.0 Å². The van der Waals surface area contributed by atoms with Gasteiger partial charge in [0.05, 0.1) is 11.2 Å². The maximum absolute atomic E-state index is 12.3. The molecule has 1 aliphatic rings. The number of pyridine rings is 1. The molecule has 0 bridgehead atoms. The maximum Gasteiger partial charge on any atom is 0.246 e. The van der Waals surface area contributed by atoms with E-state index < -0.39 is 0 Å². The number of aromatic nitrogens is 1. The van der Waals surface area contributed by atoms with Gasteiger partial charge in [-0.25, -0.2) is 4.98 Å². The summed E-state index contributed by atoms with van der Waals surface area (Å²) >= 11 is 0. The molecule has 4 nitrogen and oxygen atoms in total. The van der Waals surface area contributed by atoms with E-state index in [9.17, 15) is 4.79 Å². The fourth-order valence-corrected chi connectivity index (χ4v) is 2.94. The third-order valence-electron chi connectivity index (χ3n) is 3.89. The zero-order chi connectivity index (χ0) is 15.5. The van der Waals surface area contributed by atoms with Crippen molar-refractivity contribution < 1.29 is 4.79 Å². The Morgan fingerprint density at radius 1 is 1.18 bits per heavy atom. The lowest BCUT2D eigenvalue weighted by atomic mass is 10.1. The van der Waals surface area contributed by atoms with Crippen LogP contribution in [-0.4, -0.2) is 41.0 Å². The molecule has 2 aromatic rings. The molecule has 0 radical (unpaired) electrons. The summed E-state index contributed by atoms with van der Waals surface area (Å²) in [6, 6.07) is 12.6. The number of nitrogens with one attached hydrogen (secondary N) is 1. The first kappa shape index (κ1) is 14.7. The molecular weight excluding hydrogens is 274 g/mol. The minimum Gasteiger partial charge on any atom is -0.336 e. The molecule has 1 amide bonds. The second-order valence-electron chi connectivity index (χ2n) is 5.97. The van der Waals surface area contributed by atoms with Crippen LogP contribution in [0.2, 0.25) is 0 Å². The average Bonchev–Trinajstić information content (AvgIpc) is 2.51. The summed E-state index contributed by atoms with van der Waals surface area (Å²) in [5, 5.41) is 4.53. The van der Waals surface area contributed by atoms with Gasteiger partial charge in [0, 0.05) is 36.6 Å². The maximum atomic E-state index is 12.3. The fraction of sp³-hybridized carbons (Fsp3) is 0.333. The van der Waals surface area contributed by atoms with E-state index in [0.717, 1.165) is 29.7 Å². The van der Waals surface area contributed by atoms with Gasteiger partial charge in [-0.05, 0) is 32.1 Å². The highest BCUT2D eigenvalue weighted by Gasteiger charge is 2.23. The smallest absolute Gasteiger partial charge is 0.246 e. The Morgan fingerprint density at radius 3 is 2.68 bits per heavy atom. The van der Waals surface area contributed by atoms with Gasteiger partial charge in [-0.2, -0.15) is 0 Å². The van der Waals surface area contributed by atoms with Crippen LogP contribution < -0.4 is 5.32 Å². The van der Waals surface area contributed by atoms with Crippen molar-refractivity contribution in [1.29, 1.82) is 0 Å². The number of hydrogen-bond donors (Lipinski definition) is 1. The molecular formula is C18H21N3O. The van der Waals surface area contributed by atoms with Gasteiger partial charge >= 0.3 is 0 Å². The lowest BCUT2D eigenvalue weighted by Gasteiger charge is -2.35. The minimum absolute atomic E-state index is 0.0511. The third-order valence-corrected chi connectivity index (χ3v) is 3.89. The summed E-state index contributed by atoms with van der Waals surface area (Å²) in [5.41, 5.74) is 1.75. The van der Waals surface area contributed by atoms with Crippen molar-refractivity contribution in [1.82, 2.24) is 15.2 Å². The lowest BCUT2D eigenvalue weighted by Crippen LogP contribution is -2.55. The normalized spacial score (nSPS) is 22.4. The van der Waals surface area contributed by atoms with Crippen LogP contribution in [0.1, 0.15) is 19.5 Å². The molecule has 2 unspecified atom stereocenters. The number of hydrogen-bond acceptors (Lipinski definition) is 3. The molecule has 1 saturated heterocycles. The van der Waals surface area contributed by atoms with Crippen molar-refractivity contribution >= 4 is 22.9 Å². The van der Waals surface area contributed by atoms with Crippen molar-refractivity contribution in [3.05, 3.63) is 48.2 Å². The van der Waals surface area contributed by atoms with Gasteiger partial charge in [0.1, 0.15) is 0 Å². The molecule has 2 heterocycles. The predicted molar refractivity (Wildman–Crippen MR) is 89.4 cm³/mol. The zero-order valence-electron chi connectivity index (χ0n) is 13.0. The van der Waals surface area contributed by atoms with Crippen LogP contribution in [0, 0.1) is 0 Å². The molecule has 0 aliphatic carbocycles. The van der Waals surface area contributed by atoms with E-state index in [1.807, 2.05) is 41.3 Å². The first-order valence-electron chi connectivity index (χ1n) is 7.70. The van der Waals surface area contributed by atoms with Gasteiger partial charge in [-0.3, -0.25) is 4.79 Å². The van der Waals surface area contributed by atoms with E-state index in [-0.39, 0.29) is 5.91 Å². The first-order chi connectivity index (χ1) is 10.6. The zero-order valence-corrected chi connectivity index (χ0v) is 13.0. The molecule has 0 spiro atoms. The van der Waals surface area contributed by atoms with E-state index in [0.29, 0.717) is 12.1 Å². The molecule has 114 valence electrons. The van der Waals surface area contributed by atoms with Crippen molar-refractivity contribution in [3.8, 4) is 0 Å². The van der Waals surface area contributed by atoms with Crippen LogP contribution in [0.15, 0.2) is 42.5 Å². The van der Waals surface area contributed by atoms with Gasteiger partial charge in [-0.1, -0.05) is 24.3 Å². The molecule has 0 saturated carbocycles. The second kappa shape index (κ2) is 6.28. The largest absolute Gasteiger partial charge is 0.336 e. The number of amides is 1. The fourth-order valence-electron chi connectivity index (χ4n) is 2.94. The molecule has 1 N–H and O–H groups in total. The number of para-hydroxylation sites is 1. The molecule has 4 heteroatoms. The van der Waals surface area contributed by atoms with Gasteiger partial charge in [0.2, 0.25) is 5.91 Å². The van der Waals surface area contributed by atoms with Gasteiger partial charge in [0.25, 0.3) is 0 Å². The van der Waals surface area contributed by atoms with E-state index in [2.05, 4.69) is 24.1 Å². The standard InChI is InChI=1S/C18H21N3O/c1-13-11-21(12-14(2)19-13)18(22)10-9-16-8-7-15-5-3-4-6-17(15)20-16/h3-10,13-14,19H,11-12H2,1-2H3.